The Hall–Kier alpha value is -1.69. The fourth-order valence-electron chi connectivity index (χ4n) is 4.24. The highest BCUT2D eigenvalue weighted by Crippen LogP contribution is 2.27. The molecule has 0 aliphatic carbocycles. The summed E-state index contributed by atoms with van der Waals surface area (Å²) in [6.45, 7) is 14.8. The Morgan fingerprint density at radius 3 is 2.25 bits per heavy atom. The van der Waals surface area contributed by atoms with Crippen LogP contribution in [0.3, 0.4) is 0 Å². The SMILES string of the molecule is C=C(CC)[C@H](C)C[C@@H](C[C@@H](C)C[C@@H](C)C(=O)N(C)[C@@H](C)[C@@H](O)c1ccccc1)OCOC. The summed E-state index contributed by atoms with van der Waals surface area (Å²) in [4.78, 5) is 14.8. The Morgan fingerprint density at radius 2 is 1.69 bits per heavy atom. The van der Waals surface area contributed by atoms with E-state index >= 15 is 0 Å². The molecule has 0 aromatic heterocycles. The molecule has 6 atom stereocenters. The lowest BCUT2D eigenvalue weighted by molar-refractivity contribution is -0.138. The van der Waals surface area contributed by atoms with Gasteiger partial charge in [0.2, 0.25) is 5.91 Å². The summed E-state index contributed by atoms with van der Waals surface area (Å²) in [5.41, 5.74) is 2.06. The summed E-state index contributed by atoms with van der Waals surface area (Å²) in [5.74, 6) is 0.633. The molecule has 1 rings (SSSR count). The number of aliphatic hydroxyl groups is 1. The number of likely N-dealkylation sites (N-methyl/N-ethyl adjacent to an activating group) is 1. The molecule has 1 N–H and O–H groups in total. The Bertz CT molecular complexity index is 677. The van der Waals surface area contributed by atoms with E-state index in [4.69, 9.17) is 9.47 Å². The van der Waals surface area contributed by atoms with Crippen LogP contribution in [0.1, 0.15) is 72.0 Å². The number of nitrogens with zero attached hydrogens (tertiary/aromatic N) is 1. The standard InChI is InChI=1S/C27H45NO4/c1-9-20(3)21(4)17-25(32-18-31-8)16-19(2)15-22(5)27(30)28(7)23(6)26(29)24-13-11-10-12-14-24/h10-14,19,21-23,25-26,29H,3,9,15-18H2,1-2,4-8H3/t19-,21+,22+,23-,25+,26+/m0/s1. The number of amides is 1. The number of rotatable bonds is 15. The van der Waals surface area contributed by atoms with Crippen molar-refractivity contribution in [2.24, 2.45) is 17.8 Å². The van der Waals surface area contributed by atoms with Gasteiger partial charge in [-0.1, -0.05) is 70.2 Å². The molecule has 0 saturated heterocycles. The molecule has 0 aliphatic heterocycles. The molecular weight excluding hydrogens is 402 g/mol. The minimum Gasteiger partial charge on any atom is -0.386 e. The minimum atomic E-state index is -0.713. The van der Waals surface area contributed by atoms with Crippen molar-refractivity contribution in [3.8, 4) is 0 Å². The van der Waals surface area contributed by atoms with Crippen LogP contribution in [-0.2, 0) is 14.3 Å². The molecule has 0 spiro atoms. The smallest absolute Gasteiger partial charge is 0.225 e. The highest BCUT2D eigenvalue weighted by atomic mass is 16.7. The van der Waals surface area contributed by atoms with E-state index in [-0.39, 0.29) is 30.8 Å². The molecule has 0 saturated carbocycles. The van der Waals surface area contributed by atoms with Gasteiger partial charge in [-0.05, 0) is 50.0 Å². The van der Waals surface area contributed by atoms with Crippen LogP contribution in [0.4, 0.5) is 0 Å². The number of carbonyl (C=O) groups excluding carboxylic acids is 1. The van der Waals surface area contributed by atoms with Crippen molar-refractivity contribution in [1.82, 2.24) is 4.90 Å². The van der Waals surface area contributed by atoms with Gasteiger partial charge in [0.25, 0.3) is 0 Å². The Labute approximate surface area is 195 Å². The maximum absolute atomic E-state index is 13.1. The molecule has 0 fully saturated rings. The topological polar surface area (TPSA) is 59.0 Å². The summed E-state index contributed by atoms with van der Waals surface area (Å²) >= 11 is 0. The number of carbonyl (C=O) groups is 1. The molecule has 1 aromatic carbocycles. The predicted octanol–water partition coefficient (Wildman–Crippen LogP) is 5.60. The second-order valence-corrected chi connectivity index (χ2v) is 9.37. The van der Waals surface area contributed by atoms with E-state index in [1.54, 1.807) is 19.1 Å². The fraction of sp³-hybridized carbons (Fsp3) is 0.667. The Morgan fingerprint density at radius 1 is 1.06 bits per heavy atom. The molecule has 0 radical (unpaired) electrons. The third-order valence-electron chi connectivity index (χ3n) is 6.59. The summed E-state index contributed by atoms with van der Waals surface area (Å²) < 4.78 is 11.1. The van der Waals surface area contributed by atoms with Crippen LogP contribution in [0.15, 0.2) is 42.5 Å². The number of hydrogen-bond donors (Lipinski definition) is 1. The zero-order valence-corrected chi connectivity index (χ0v) is 21.2. The molecular formula is C27H45NO4. The number of ether oxygens (including phenoxy) is 2. The number of methoxy groups -OCH3 is 1. The molecule has 5 nitrogen and oxygen atoms in total. The quantitative estimate of drug-likeness (QED) is 0.281. The summed E-state index contributed by atoms with van der Waals surface area (Å²) in [7, 11) is 3.42. The molecule has 32 heavy (non-hydrogen) atoms. The second kappa shape index (κ2) is 14.5. The minimum absolute atomic E-state index is 0.0569. The van der Waals surface area contributed by atoms with Gasteiger partial charge in [0, 0.05) is 20.1 Å². The Kier molecular flexibility index (Phi) is 12.8. The van der Waals surface area contributed by atoms with Crippen LogP contribution in [0, 0.1) is 17.8 Å². The van der Waals surface area contributed by atoms with E-state index in [1.807, 2.05) is 44.2 Å². The van der Waals surface area contributed by atoms with Crippen molar-refractivity contribution in [2.45, 2.75) is 78.6 Å². The van der Waals surface area contributed by atoms with Gasteiger partial charge in [0.05, 0.1) is 18.2 Å². The van der Waals surface area contributed by atoms with Crippen LogP contribution in [0.25, 0.3) is 0 Å². The van der Waals surface area contributed by atoms with E-state index < -0.39 is 6.10 Å². The lowest BCUT2D eigenvalue weighted by Crippen LogP contribution is -2.42. The van der Waals surface area contributed by atoms with Crippen LogP contribution in [0.5, 0.6) is 0 Å². The largest absolute Gasteiger partial charge is 0.386 e. The normalized spacial score (nSPS) is 17.1. The van der Waals surface area contributed by atoms with E-state index in [1.165, 1.54) is 5.57 Å². The van der Waals surface area contributed by atoms with E-state index in [2.05, 4.69) is 27.4 Å². The van der Waals surface area contributed by atoms with Gasteiger partial charge in [0.15, 0.2) is 0 Å². The van der Waals surface area contributed by atoms with Crippen LogP contribution in [-0.4, -0.2) is 49.0 Å². The molecule has 0 unspecified atom stereocenters. The van der Waals surface area contributed by atoms with Gasteiger partial charge < -0.3 is 19.5 Å². The number of hydrogen-bond acceptors (Lipinski definition) is 4. The zero-order valence-electron chi connectivity index (χ0n) is 21.2. The van der Waals surface area contributed by atoms with Gasteiger partial charge >= 0.3 is 0 Å². The first kappa shape index (κ1) is 28.3. The molecule has 5 heteroatoms. The van der Waals surface area contributed by atoms with Crippen molar-refractivity contribution in [3.63, 3.8) is 0 Å². The lowest BCUT2D eigenvalue weighted by Gasteiger charge is -2.32. The first-order valence-corrected chi connectivity index (χ1v) is 11.9. The number of aliphatic hydroxyl groups excluding tert-OH is 1. The molecule has 0 bridgehead atoms. The maximum atomic E-state index is 13.1. The van der Waals surface area contributed by atoms with Crippen molar-refractivity contribution < 1.29 is 19.4 Å². The Balaban J connectivity index is 2.67. The number of allylic oxidation sites excluding steroid dienone is 1. The monoisotopic (exact) mass is 447 g/mol. The summed E-state index contributed by atoms with van der Waals surface area (Å²) in [6, 6.07) is 9.19. The van der Waals surface area contributed by atoms with Gasteiger partial charge in [-0.25, -0.2) is 0 Å². The first-order chi connectivity index (χ1) is 15.1. The molecule has 1 amide bonds. The van der Waals surface area contributed by atoms with Crippen molar-refractivity contribution in [3.05, 3.63) is 48.0 Å². The van der Waals surface area contributed by atoms with Gasteiger partial charge in [-0.15, -0.1) is 0 Å². The second-order valence-electron chi connectivity index (χ2n) is 9.37. The van der Waals surface area contributed by atoms with Crippen molar-refractivity contribution in [1.29, 1.82) is 0 Å². The summed E-state index contributed by atoms with van der Waals surface area (Å²) in [6.07, 6.45) is 2.88. The highest BCUT2D eigenvalue weighted by molar-refractivity contribution is 5.78. The van der Waals surface area contributed by atoms with Crippen molar-refractivity contribution in [2.75, 3.05) is 21.0 Å². The van der Waals surface area contributed by atoms with E-state index in [0.29, 0.717) is 11.8 Å². The molecule has 1 aromatic rings. The maximum Gasteiger partial charge on any atom is 0.225 e. The predicted molar refractivity (Wildman–Crippen MR) is 131 cm³/mol. The average molecular weight is 448 g/mol. The highest BCUT2D eigenvalue weighted by Gasteiger charge is 2.28. The zero-order chi connectivity index (χ0) is 24.3. The fourth-order valence-corrected chi connectivity index (χ4v) is 4.24. The van der Waals surface area contributed by atoms with Crippen LogP contribution in [0.2, 0.25) is 0 Å². The van der Waals surface area contributed by atoms with Gasteiger partial charge in [-0.2, -0.15) is 0 Å². The van der Waals surface area contributed by atoms with Gasteiger partial charge in [0.1, 0.15) is 6.79 Å². The average Bonchev–Trinajstić information content (AvgIpc) is 2.80. The number of benzene rings is 1. The van der Waals surface area contributed by atoms with Crippen molar-refractivity contribution >= 4 is 5.91 Å². The lowest BCUT2D eigenvalue weighted by atomic mass is 9.87. The molecule has 182 valence electrons. The molecule has 0 aliphatic rings. The third-order valence-corrected chi connectivity index (χ3v) is 6.59. The van der Waals surface area contributed by atoms with E-state index in [0.717, 1.165) is 31.2 Å². The van der Waals surface area contributed by atoms with E-state index in [9.17, 15) is 9.90 Å². The molecule has 0 heterocycles. The summed E-state index contributed by atoms with van der Waals surface area (Å²) in [5, 5.41) is 10.7. The first-order valence-electron chi connectivity index (χ1n) is 11.9. The van der Waals surface area contributed by atoms with Crippen LogP contribution < -0.4 is 0 Å². The van der Waals surface area contributed by atoms with Gasteiger partial charge in [-0.3, -0.25) is 4.79 Å². The third kappa shape index (κ3) is 9.05. The van der Waals surface area contributed by atoms with Crippen LogP contribution >= 0.6 is 0 Å².